The Morgan fingerprint density at radius 1 is 0.652 bits per heavy atom. The molecule has 0 unspecified atom stereocenters. The van der Waals surface area contributed by atoms with Gasteiger partial charge in [0, 0.05) is 12.5 Å². The summed E-state index contributed by atoms with van der Waals surface area (Å²) in [6.45, 7) is 0. The quantitative estimate of drug-likeness (QED) is 0.158. The van der Waals surface area contributed by atoms with Crippen LogP contribution in [0, 0.1) is 0 Å². The first-order chi connectivity index (χ1) is 11.3. The molecule has 3 heteroatoms. The summed E-state index contributed by atoms with van der Waals surface area (Å²) in [5.74, 6) is -0.896. The van der Waals surface area contributed by atoms with Crippen LogP contribution in [0.2, 0.25) is 0 Å². The Kier molecular flexibility index (Phi) is 17.5. The lowest BCUT2D eigenvalue weighted by Gasteiger charge is -2.02. The first kappa shape index (κ1) is 21.6. The summed E-state index contributed by atoms with van der Waals surface area (Å²) in [6, 6.07) is 0. The van der Waals surface area contributed by atoms with Crippen LogP contribution in [0.25, 0.3) is 0 Å². The third-order valence-electron chi connectivity index (χ3n) is 3.93. The smallest absolute Gasteiger partial charge is 0.328 e. The van der Waals surface area contributed by atoms with Gasteiger partial charge in [0.1, 0.15) is 6.29 Å². The summed E-state index contributed by atoms with van der Waals surface area (Å²) in [5.41, 5.74) is 0. The van der Waals surface area contributed by atoms with Crippen molar-refractivity contribution < 1.29 is 14.7 Å². The van der Waals surface area contributed by atoms with Crippen LogP contribution < -0.4 is 0 Å². The van der Waals surface area contributed by atoms with E-state index in [2.05, 4.69) is 0 Å². The lowest BCUT2D eigenvalue weighted by molar-refractivity contribution is -0.131. The molecule has 23 heavy (non-hydrogen) atoms. The summed E-state index contributed by atoms with van der Waals surface area (Å²) in [5, 5.41) is 8.42. The summed E-state index contributed by atoms with van der Waals surface area (Å²) in [6.07, 6.45) is 24.7. The number of carbonyl (C=O) groups is 2. The molecule has 0 atom stereocenters. The maximum Gasteiger partial charge on any atom is 0.328 e. The number of aliphatic carboxylic acids is 1. The first-order valence-electron chi connectivity index (χ1n) is 9.27. The molecule has 0 spiro atoms. The van der Waals surface area contributed by atoms with Crippen molar-refractivity contribution in [1.82, 2.24) is 0 Å². The highest BCUT2D eigenvalue weighted by Crippen LogP contribution is 2.12. The molecule has 0 saturated heterocycles. The van der Waals surface area contributed by atoms with Crippen LogP contribution in [0.3, 0.4) is 0 Å². The van der Waals surface area contributed by atoms with Gasteiger partial charge in [-0.15, -0.1) is 0 Å². The maximum absolute atomic E-state index is 10.2. The Balaban J connectivity index is 3.10. The number of allylic oxidation sites excluding steroid dienone is 3. The van der Waals surface area contributed by atoms with Crippen molar-refractivity contribution in [1.29, 1.82) is 0 Å². The van der Waals surface area contributed by atoms with E-state index in [1.165, 1.54) is 70.6 Å². The van der Waals surface area contributed by atoms with Gasteiger partial charge in [0.15, 0.2) is 0 Å². The standard InChI is InChI=1S/C20H34O3/c21-19-17-15-13-11-9-7-5-3-1-2-4-6-8-10-12-14-16-18-20(22)23/h12,14,16,18-19H,1-11,13,15,17H2,(H,22,23). The third-order valence-corrected chi connectivity index (χ3v) is 3.93. The van der Waals surface area contributed by atoms with Crippen LogP contribution in [-0.2, 0) is 9.59 Å². The van der Waals surface area contributed by atoms with Gasteiger partial charge in [0.2, 0.25) is 0 Å². The number of rotatable bonds is 17. The van der Waals surface area contributed by atoms with Crippen molar-refractivity contribution >= 4 is 12.3 Å². The number of unbranched alkanes of at least 4 members (excludes halogenated alkanes) is 13. The molecule has 0 bridgehead atoms. The second kappa shape index (κ2) is 18.7. The average molecular weight is 322 g/mol. The molecule has 0 aliphatic rings. The van der Waals surface area contributed by atoms with Crippen LogP contribution in [0.1, 0.15) is 89.9 Å². The van der Waals surface area contributed by atoms with Gasteiger partial charge in [-0.05, 0) is 19.3 Å². The van der Waals surface area contributed by atoms with Crippen LogP contribution in [0.15, 0.2) is 24.3 Å². The lowest BCUT2D eigenvalue weighted by Crippen LogP contribution is -1.84. The van der Waals surface area contributed by atoms with Crippen molar-refractivity contribution in [2.45, 2.75) is 89.9 Å². The molecule has 0 fully saturated rings. The molecule has 1 N–H and O–H groups in total. The van der Waals surface area contributed by atoms with Crippen molar-refractivity contribution in [2.75, 3.05) is 0 Å². The van der Waals surface area contributed by atoms with Crippen LogP contribution in [-0.4, -0.2) is 17.4 Å². The van der Waals surface area contributed by atoms with Crippen LogP contribution in [0.4, 0.5) is 0 Å². The van der Waals surface area contributed by atoms with Crippen LogP contribution >= 0.6 is 0 Å². The number of aldehydes is 1. The average Bonchev–Trinajstić information content (AvgIpc) is 2.53. The van der Waals surface area contributed by atoms with Gasteiger partial charge in [0.25, 0.3) is 0 Å². The Bertz CT molecular complexity index is 332. The molecule has 0 saturated carbocycles. The highest BCUT2D eigenvalue weighted by molar-refractivity contribution is 5.80. The van der Waals surface area contributed by atoms with E-state index in [1.54, 1.807) is 6.08 Å². The van der Waals surface area contributed by atoms with Gasteiger partial charge < -0.3 is 9.90 Å². The summed E-state index contributed by atoms with van der Waals surface area (Å²) in [7, 11) is 0. The first-order valence-corrected chi connectivity index (χ1v) is 9.27. The minimum absolute atomic E-state index is 0.731. The van der Waals surface area contributed by atoms with Crippen LogP contribution in [0.5, 0.6) is 0 Å². The molecule has 0 aliphatic carbocycles. The summed E-state index contributed by atoms with van der Waals surface area (Å²) < 4.78 is 0. The minimum Gasteiger partial charge on any atom is -0.478 e. The molecule has 0 aromatic rings. The van der Waals surface area contributed by atoms with Crippen molar-refractivity contribution in [3.05, 3.63) is 24.3 Å². The Morgan fingerprint density at radius 2 is 1.09 bits per heavy atom. The number of carboxylic acid groups (broad SMARTS) is 1. The monoisotopic (exact) mass is 322 g/mol. The molecule has 0 aliphatic heterocycles. The Hall–Kier alpha value is -1.38. The van der Waals surface area contributed by atoms with Gasteiger partial charge in [-0.2, -0.15) is 0 Å². The SMILES string of the molecule is O=CCCCCCCCCCCCCCCC=CC=CC(=O)O. The van der Waals surface area contributed by atoms with Gasteiger partial charge >= 0.3 is 5.97 Å². The van der Waals surface area contributed by atoms with Gasteiger partial charge in [-0.25, -0.2) is 4.79 Å². The fourth-order valence-corrected chi connectivity index (χ4v) is 2.57. The van der Waals surface area contributed by atoms with E-state index in [4.69, 9.17) is 5.11 Å². The molecule has 0 radical (unpaired) electrons. The number of hydrogen-bond donors (Lipinski definition) is 1. The molecule has 3 nitrogen and oxygen atoms in total. The molecule has 132 valence electrons. The Morgan fingerprint density at radius 3 is 1.52 bits per heavy atom. The van der Waals surface area contributed by atoms with Crippen molar-refractivity contribution in [2.24, 2.45) is 0 Å². The third kappa shape index (κ3) is 20.6. The van der Waals surface area contributed by atoms with E-state index in [0.29, 0.717) is 0 Å². The molecular formula is C20H34O3. The molecule has 0 aromatic heterocycles. The molecule has 0 heterocycles. The normalized spacial score (nSPS) is 11.5. The fraction of sp³-hybridized carbons (Fsp3) is 0.700. The van der Waals surface area contributed by atoms with E-state index in [9.17, 15) is 9.59 Å². The highest BCUT2D eigenvalue weighted by Gasteiger charge is 1.93. The Labute approximate surface area is 141 Å². The van der Waals surface area contributed by atoms with E-state index in [0.717, 1.165) is 31.6 Å². The largest absolute Gasteiger partial charge is 0.478 e. The second-order valence-electron chi connectivity index (χ2n) is 6.11. The zero-order valence-electron chi connectivity index (χ0n) is 14.5. The van der Waals surface area contributed by atoms with Gasteiger partial charge in [-0.3, -0.25) is 0 Å². The predicted octanol–water partition coefficient (Wildman–Crippen LogP) is 5.84. The van der Waals surface area contributed by atoms with E-state index < -0.39 is 5.97 Å². The molecular weight excluding hydrogens is 288 g/mol. The predicted molar refractivity (Wildman–Crippen MR) is 96.6 cm³/mol. The second-order valence-corrected chi connectivity index (χ2v) is 6.11. The van der Waals surface area contributed by atoms with Gasteiger partial charge in [0.05, 0.1) is 0 Å². The molecule has 0 amide bonds. The van der Waals surface area contributed by atoms with E-state index >= 15 is 0 Å². The van der Waals surface area contributed by atoms with Crippen molar-refractivity contribution in [3.63, 3.8) is 0 Å². The number of carboxylic acids is 1. The van der Waals surface area contributed by atoms with E-state index in [1.807, 2.05) is 12.2 Å². The van der Waals surface area contributed by atoms with Gasteiger partial charge in [-0.1, -0.05) is 82.4 Å². The fourth-order valence-electron chi connectivity index (χ4n) is 2.57. The number of hydrogen-bond acceptors (Lipinski definition) is 2. The van der Waals surface area contributed by atoms with E-state index in [-0.39, 0.29) is 0 Å². The zero-order chi connectivity index (χ0) is 17.0. The van der Waals surface area contributed by atoms with Crippen molar-refractivity contribution in [3.8, 4) is 0 Å². The summed E-state index contributed by atoms with van der Waals surface area (Å²) >= 11 is 0. The minimum atomic E-state index is -0.896. The zero-order valence-corrected chi connectivity index (χ0v) is 14.5. The number of carbonyl (C=O) groups excluding carboxylic acids is 1. The lowest BCUT2D eigenvalue weighted by atomic mass is 10.0. The molecule has 0 aromatic carbocycles. The maximum atomic E-state index is 10.2. The summed E-state index contributed by atoms with van der Waals surface area (Å²) in [4.78, 5) is 20.4. The topological polar surface area (TPSA) is 54.4 Å². The molecule has 0 rings (SSSR count). The highest BCUT2D eigenvalue weighted by atomic mass is 16.4.